The van der Waals surface area contributed by atoms with Gasteiger partial charge < -0.3 is 9.64 Å². The maximum absolute atomic E-state index is 12.7. The van der Waals surface area contributed by atoms with E-state index >= 15 is 0 Å². The summed E-state index contributed by atoms with van der Waals surface area (Å²) in [6, 6.07) is 18.2. The summed E-state index contributed by atoms with van der Waals surface area (Å²) in [4.78, 5) is 14.7. The molecule has 0 atom stereocenters. The molecule has 1 aliphatic carbocycles. The van der Waals surface area contributed by atoms with Crippen molar-refractivity contribution in [2.45, 2.75) is 45.4 Å². The van der Waals surface area contributed by atoms with Gasteiger partial charge in [0.2, 0.25) is 0 Å². The molecule has 1 fully saturated rings. The lowest BCUT2D eigenvalue weighted by Gasteiger charge is -2.26. The van der Waals surface area contributed by atoms with Crippen molar-refractivity contribution in [1.29, 1.82) is 0 Å². The lowest BCUT2D eigenvalue weighted by Crippen LogP contribution is -2.38. The molecular formula is C20H23NO2. The van der Waals surface area contributed by atoms with Crippen LogP contribution in [0.5, 0.6) is 5.75 Å². The van der Waals surface area contributed by atoms with Crippen molar-refractivity contribution in [2.24, 2.45) is 0 Å². The predicted octanol–water partition coefficient (Wildman–Crippen LogP) is 4.28. The molecule has 0 saturated heterocycles. The second-order valence-corrected chi connectivity index (χ2v) is 6.34. The second-order valence-electron chi connectivity index (χ2n) is 6.34. The Morgan fingerprint density at radius 2 is 1.74 bits per heavy atom. The number of amides is 1. The molecule has 1 amide bonds. The molecule has 0 aliphatic heterocycles. The van der Waals surface area contributed by atoms with Gasteiger partial charge in [-0.15, -0.1) is 0 Å². The summed E-state index contributed by atoms with van der Waals surface area (Å²) in [5.74, 6) is 0.991. The molecule has 120 valence electrons. The van der Waals surface area contributed by atoms with Crippen LogP contribution < -0.4 is 4.74 Å². The Hall–Kier alpha value is -2.29. The van der Waals surface area contributed by atoms with E-state index in [1.54, 1.807) is 0 Å². The van der Waals surface area contributed by atoms with E-state index in [0.717, 1.165) is 29.7 Å². The lowest BCUT2D eigenvalue weighted by atomic mass is 10.1. The fraction of sp³-hybridized carbons (Fsp3) is 0.350. The first-order valence-electron chi connectivity index (χ1n) is 8.24. The van der Waals surface area contributed by atoms with Gasteiger partial charge in [-0.25, -0.2) is 0 Å². The molecule has 0 aromatic heterocycles. The minimum atomic E-state index is 0.137. The molecule has 0 unspecified atom stereocenters. The van der Waals surface area contributed by atoms with Crippen LogP contribution in [0.2, 0.25) is 0 Å². The van der Waals surface area contributed by atoms with Crippen molar-refractivity contribution in [3.63, 3.8) is 0 Å². The van der Waals surface area contributed by atoms with E-state index in [1.807, 2.05) is 59.5 Å². The molecule has 1 aliphatic rings. The van der Waals surface area contributed by atoms with E-state index in [2.05, 4.69) is 13.8 Å². The number of carbonyl (C=O) groups is 1. The quantitative estimate of drug-likeness (QED) is 0.797. The molecule has 2 aromatic rings. The SMILES string of the molecule is CC(C)N(C(=O)c1ccc(COc2ccccc2)cc1)C1CC1. The molecule has 0 radical (unpaired) electrons. The fourth-order valence-electron chi connectivity index (χ4n) is 2.75. The van der Waals surface area contributed by atoms with Crippen LogP contribution in [0.4, 0.5) is 0 Å². The van der Waals surface area contributed by atoms with Crippen molar-refractivity contribution in [1.82, 2.24) is 4.90 Å². The first kappa shape index (κ1) is 15.6. The largest absolute Gasteiger partial charge is 0.489 e. The van der Waals surface area contributed by atoms with E-state index in [-0.39, 0.29) is 11.9 Å². The predicted molar refractivity (Wildman–Crippen MR) is 91.5 cm³/mol. The summed E-state index contributed by atoms with van der Waals surface area (Å²) in [5, 5.41) is 0. The molecule has 23 heavy (non-hydrogen) atoms. The van der Waals surface area contributed by atoms with Gasteiger partial charge in [-0.3, -0.25) is 4.79 Å². The first-order chi connectivity index (χ1) is 11.1. The third kappa shape index (κ3) is 3.92. The number of carbonyl (C=O) groups excluding carboxylic acids is 1. The second kappa shape index (κ2) is 6.86. The fourth-order valence-corrected chi connectivity index (χ4v) is 2.75. The van der Waals surface area contributed by atoms with Crippen molar-refractivity contribution in [3.05, 3.63) is 65.7 Å². The summed E-state index contributed by atoms with van der Waals surface area (Å²) in [6.07, 6.45) is 2.26. The molecule has 0 spiro atoms. The molecule has 0 heterocycles. The molecule has 1 saturated carbocycles. The monoisotopic (exact) mass is 309 g/mol. The number of hydrogen-bond acceptors (Lipinski definition) is 2. The summed E-state index contributed by atoms with van der Waals surface area (Å²) < 4.78 is 5.73. The highest BCUT2D eigenvalue weighted by Gasteiger charge is 2.34. The molecule has 0 N–H and O–H groups in total. The number of para-hydroxylation sites is 1. The van der Waals surface area contributed by atoms with Crippen LogP contribution in [0.15, 0.2) is 54.6 Å². The van der Waals surface area contributed by atoms with Crippen LogP contribution in [0.25, 0.3) is 0 Å². The van der Waals surface area contributed by atoms with Gasteiger partial charge in [-0.1, -0.05) is 30.3 Å². The topological polar surface area (TPSA) is 29.5 Å². The van der Waals surface area contributed by atoms with Crippen LogP contribution in [0.3, 0.4) is 0 Å². The molecular weight excluding hydrogens is 286 g/mol. The van der Waals surface area contributed by atoms with Gasteiger partial charge in [0.1, 0.15) is 12.4 Å². The smallest absolute Gasteiger partial charge is 0.254 e. The number of nitrogens with zero attached hydrogens (tertiary/aromatic N) is 1. The first-order valence-corrected chi connectivity index (χ1v) is 8.24. The van der Waals surface area contributed by atoms with Gasteiger partial charge >= 0.3 is 0 Å². The van der Waals surface area contributed by atoms with Gasteiger partial charge in [-0.05, 0) is 56.5 Å². The zero-order valence-corrected chi connectivity index (χ0v) is 13.7. The Morgan fingerprint density at radius 1 is 1.09 bits per heavy atom. The van der Waals surface area contributed by atoms with E-state index in [0.29, 0.717) is 12.6 Å². The molecule has 3 rings (SSSR count). The van der Waals surface area contributed by atoms with E-state index in [1.165, 1.54) is 0 Å². The third-order valence-electron chi connectivity index (χ3n) is 4.08. The van der Waals surface area contributed by atoms with E-state index in [4.69, 9.17) is 4.74 Å². The van der Waals surface area contributed by atoms with Gasteiger partial charge in [-0.2, -0.15) is 0 Å². The maximum Gasteiger partial charge on any atom is 0.254 e. The van der Waals surface area contributed by atoms with Crippen molar-refractivity contribution in [2.75, 3.05) is 0 Å². The van der Waals surface area contributed by atoms with Crippen molar-refractivity contribution >= 4 is 5.91 Å². The zero-order chi connectivity index (χ0) is 16.2. The van der Waals surface area contributed by atoms with E-state index in [9.17, 15) is 4.79 Å². The highest BCUT2D eigenvalue weighted by atomic mass is 16.5. The van der Waals surface area contributed by atoms with Crippen LogP contribution in [0.1, 0.15) is 42.6 Å². The summed E-state index contributed by atoms with van der Waals surface area (Å²) >= 11 is 0. The van der Waals surface area contributed by atoms with Gasteiger partial charge in [0.25, 0.3) is 5.91 Å². The van der Waals surface area contributed by atoms with Gasteiger partial charge in [0.15, 0.2) is 0 Å². The maximum atomic E-state index is 12.7. The highest BCUT2D eigenvalue weighted by molar-refractivity contribution is 5.94. The Balaban J connectivity index is 1.63. The number of benzene rings is 2. The molecule has 3 heteroatoms. The van der Waals surface area contributed by atoms with Crippen LogP contribution in [-0.2, 0) is 6.61 Å². The summed E-state index contributed by atoms with van der Waals surface area (Å²) in [5.41, 5.74) is 1.82. The Labute approximate surface area is 137 Å². The zero-order valence-electron chi connectivity index (χ0n) is 13.7. The standard InChI is InChI=1S/C20H23NO2/c1-15(2)21(18-12-13-18)20(22)17-10-8-16(9-11-17)14-23-19-6-4-3-5-7-19/h3-11,15,18H,12-14H2,1-2H3. The lowest BCUT2D eigenvalue weighted by molar-refractivity contribution is 0.0690. The average molecular weight is 309 g/mol. The number of ether oxygens (including phenoxy) is 1. The average Bonchev–Trinajstić information content (AvgIpc) is 3.39. The molecule has 3 nitrogen and oxygen atoms in total. The van der Waals surface area contributed by atoms with Crippen LogP contribution in [-0.4, -0.2) is 22.9 Å². The Kier molecular flexibility index (Phi) is 4.65. The van der Waals surface area contributed by atoms with Crippen molar-refractivity contribution in [3.8, 4) is 5.75 Å². The Bertz CT molecular complexity index is 643. The van der Waals surface area contributed by atoms with Crippen LogP contribution >= 0.6 is 0 Å². The van der Waals surface area contributed by atoms with E-state index < -0.39 is 0 Å². The van der Waals surface area contributed by atoms with Gasteiger partial charge in [0.05, 0.1) is 0 Å². The third-order valence-corrected chi connectivity index (χ3v) is 4.08. The number of hydrogen-bond donors (Lipinski definition) is 0. The molecule has 0 bridgehead atoms. The summed E-state index contributed by atoms with van der Waals surface area (Å²) in [7, 11) is 0. The Morgan fingerprint density at radius 3 is 2.30 bits per heavy atom. The highest BCUT2D eigenvalue weighted by Crippen LogP contribution is 2.30. The minimum absolute atomic E-state index is 0.137. The minimum Gasteiger partial charge on any atom is -0.489 e. The number of rotatable bonds is 6. The summed E-state index contributed by atoms with van der Waals surface area (Å²) in [6.45, 7) is 4.67. The van der Waals surface area contributed by atoms with Gasteiger partial charge in [0, 0.05) is 17.6 Å². The normalized spacial score (nSPS) is 13.9. The van der Waals surface area contributed by atoms with Crippen LogP contribution in [0, 0.1) is 0 Å². The van der Waals surface area contributed by atoms with Crippen molar-refractivity contribution < 1.29 is 9.53 Å². The molecule has 2 aromatic carbocycles.